The number of amides is 1. The number of carboxylic acids is 1. The van der Waals surface area contributed by atoms with Gasteiger partial charge in [0.05, 0.1) is 19.1 Å². The first-order chi connectivity index (χ1) is 7.54. The molecule has 0 radical (unpaired) electrons. The third-order valence-corrected chi connectivity index (χ3v) is 2.72. The van der Waals surface area contributed by atoms with Crippen LogP contribution >= 0.6 is 0 Å². The van der Waals surface area contributed by atoms with Crippen LogP contribution < -0.4 is 0 Å². The molecule has 1 aliphatic heterocycles. The summed E-state index contributed by atoms with van der Waals surface area (Å²) in [6.45, 7) is 2.03. The van der Waals surface area contributed by atoms with Gasteiger partial charge >= 0.3 is 5.97 Å². The van der Waals surface area contributed by atoms with Gasteiger partial charge in [-0.3, -0.25) is 14.5 Å². The second-order valence-corrected chi connectivity index (χ2v) is 4.04. The largest absolute Gasteiger partial charge is 0.481 e. The van der Waals surface area contributed by atoms with Crippen molar-refractivity contribution in [1.82, 2.24) is 9.80 Å². The molecule has 0 aromatic carbocycles. The lowest BCUT2D eigenvalue weighted by Gasteiger charge is -2.20. The van der Waals surface area contributed by atoms with Crippen molar-refractivity contribution < 1.29 is 19.4 Å². The van der Waals surface area contributed by atoms with Gasteiger partial charge in [-0.1, -0.05) is 0 Å². The summed E-state index contributed by atoms with van der Waals surface area (Å²) in [5, 5.41) is 9.01. The quantitative estimate of drug-likeness (QED) is 0.678. The van der Waals surface area contributed by atoms with Gasteiger partial charge in [0.1, 0.15) is 0 Å². The van der Waals surface area contributed by atoms with E-state index in [1.54, 1.807) is 14.2 Å². The van der Waals surface area contributed by atoms with E-state index in [0.717, 1.165) is 0 Å². The number of rotatable bonds is 4. The molecular formula is C10H18N2O4. The molecule has 1 unspecified atom stereocenters. The van der Waals surface area contributed by atoms with E-state index in [0.29, 0.717) is 19.7 Å². The van der Waals surface area contributed by atoms with Crippen molar-refractivity contribution in [1.29, 1.82) is 0 Å². The van der Waals surface area contributed by atoms with E-state index in [9.17, 15) is 9.59 Å². The summed E-state index contributed by atoms with van der Waals surface area (Å²) in [7, 11) is 3.22. The average Bonchev–Trinajstić information content (AvgIpc) is 2.36. The predicted molar refractivity (Wildman–Crippen MR) is 57.1 cm³/mol. The average molecular weight is 230 g/mol. The van der Waals surface area contributed by atoms with Crippen molar-refractivity contribution in [3.63, 3.8) is 0 Å². The van der Waals surface area contributed by atoms with E-state index >= 15 is 0 Å². The SMILES string of the molecule is COCCN1CC(=O)N(C)CC(C(=O)O)C1. The number of hydrogen-bond donors (Lipinski definition) is 1. The molecule has 6 nitrogen and oxygen atoms in total. The second-order valence-electron chi connectivity index (χ2n) is 4.04. The highest BCUT2D eigenvalue weighted by atomic mass is 16.5. The van der Waals surface area contributed by atoms with E-state index in [1.165, 1.54) is 4.90 Å². The molecule has 1 saturated heterocycles. The van der Waals surface area contributed by atoms with Gasteiger partial charge in [0.15, 0.2) is 0 Å². The van der Waals surface area contributed by atoms with Gasteiger partial charge in [-0.05, 0) is 0 Å². The Morgan fingerprint density at radius 1 is 1.56 bits per heavy atom. The molecule has 0 spiro atoms. The van der Waals surface area contributed by atoms with E-state index in [1.807, 2.05) is 4.90 Å². The Labute approximate surface area is 94.8 Å². The molecule has 0 aliphatic carbocycles. The number of aliphatic carboxylic acids is 1. The molecule has 1 heterocycles. The van der Waals surface area contributed by atoms with E-state index < -0.39 is 11.9 Å². The summed E-state index contributed by atoms with van der Waals surface area (Å²) in [6.07, 6.45) is 0. The monoisotopic (exact) mass is 230 g/mol. The number of hydrogen-bond acceptors (Lipinski definition) is 4. The van der Waals surface area contributed by atoms with Crippen LogP contribution in [0.1, 0.15) is 0 Å². The first kappa shape index (κ1) is 12.9. The fraction of sp³-hybridized carbons (Fsp3) is 0.800. The number of carbonyl (C=O) groups excluding carboxylic acids is 1. The zero-order valence-electron chi connectivity index (χ0n) is 9.68. The van der Waals surface area contributed by atoms with Gasteiger partial charge < -0.3 is 14.7 Å². The normalized spacial score (nSPS) is 23.2. The number of ether oxygens (including phenoxy) is 1. The van der Waals surface area contributed by atoms with Gasteiger partial charge in [-0.25, -0.2) is 0 Å². The molecule has 1 fully saturated rings. The van der Waals surface area contributed by atoms with Crippen LogP contribution in [0, 0.1) is 5.92 Å². The maximum Gasteiger partial charge on any atom is 0.309 e. The lowest BCUT2D eigenvalue weighted by Crippen LogP contribution is -2.36. The summed E-state index contributed by atoms with van der Waals surface area (Å²) < 4.78 is 4.93. The van der Waals surface area contributed by atoms with Crippen LogP contribution in [0.3, 0.4) is 0 Å². The number of methoxy groups -OCH3 is 1. The Kier molecular flexibility index (Phi) is 4.70. The Balaban J connectivity index is 2.64. The zero-order valence-corrected chi connectivity index (χ0v) is 9.68. The van der Waals surface area contributed by atoms with Crippen molar-refractivity contribution in [2.45, 2.75) is 0 Å². The van der Waals surface area contributed by atoms with Gasteiger partial charge in [0.25, 0.3) is 0 Å². The minimum atomic E-state index is -0.857. The van der Waals surface area contributed by atoms with Crippen LogP contribution in [0.15, 0.2) is 0 Å². The molecule has 6 heteroatoms. The molecule has 1 N–H and O–H groups in total. The van der Waals surface area contributed by atoms with Crippen LogP contribution in [0.2, 0.25) is 0 Å². The Morgan fingerprint density at radius 2 is 2.25 bits per heavy atom. The maximum atomic E-state index is 11.6. The number of carboxylic acid groups (broad SMARTS) is 1. The molecular weight excluding hydrogens is 212 g/mol. The first-order valence-corrected chi connectivity index (χ1v) is 5.22. The van der Waals surface area contributed by atoms with Gasteiger partial charge in [0, 0.05) is 33.8 Å². The Bertz CT molecular complexity index is 270. The molecule has 1 rings (SSSR count). The third kappa shape index (κ3) is 3.46. The number of carbonyl (C=O) groups is 2. The summed E-state index contributed by atoms with van der Waals surface area (Å²) >= 11 is 0. The Hall–Kier alpha value is -1.14. The summed E-state index contributed by atoms with van der Waals surface area (Å²) in [5.41, 5.74) is 0. The topological polar surface area (TPSA) is 70.1 Å². The number of likely N-dealkylation sites (N-methyl/N-ethyl adjacent to an activating group) is 1. The van der Waals surface area contributed by atoms with Gasteiger partial charge in [-0.15, -0.1) is 0 Å². The van der Waals surface area contributed by atoms with Crippen LogP contribution in [-0.4, -0.2) is 73.7 Å². The highest BCUT2D eigenvalue weighted by molar-refractivity contribution is 5.80. The first-order valence-electron chi connectivity index (χ1n) is 5.22. The maximum absolute atomic E-state index is 11.6. The second kappa shape index (κ2) is 5.81. The molecule has 0 saturated carbocycles. The van der Waals surface area contributed by atoms with Crippen LogP contribution in [0.25, 0.3) is 0 Å². The molecule has 1 aliphatic rings. The van der Waals surface area contributed by atoms with Crippen LogP contribution in [0.5, 0.6) is 0 Å². The highest BCUT2D eigenvalue weighted by Gasteiger charge is 2.29. The highest BCUT2D eigenvalue weighted by Crippen LogP contribution is 2.09. The molecule has 0 bridgehead atoms. The van der Waals surface area contributed by atoms with E-state index in [4.69, 9.17) is 9.84 Å². The molecule has 0 aromatic rings. The molecule has 16 heavy (non-hydrogen) atoms. The predicted octanol–water partition coefficient (Wildman–Crippen LogP) is -0.892. The van der Waals surface area contributed by atoms with Crippen molar-refractivity contribution in [3.05, 3.63) is 0 Å². The lowest BCUT2D eigenvalue weighted by atomic mass is 10.1. The van der Waals surface area contributed by atoms with Crippen molar-refractivity contribution >= 4 is 11.9 Å². The molecule has 1 atom stereocenters. The van der Waals surface area contributed by atoms with Gasteiger partial charge in [-0.2, -0.15) is 0 Å². The van der Waals surface area contributed by atoms with Crippen molar-refractivity contribution in [3.8, 4) is 0 Å². The molecule has 0 aromatic heterocycles. The minimum Gasteiger partial charge on any atom is -0.481 e. The summed E-state index contributed by atoms with van der Waals surface area (Å²) in [5.74, 6) is -1.42. The van der Waals surface area contributed by atoms with Crippen molar-refractivity contribution in [2.75, 3.05) is 46.9 Å². The summed E-state index contributed by atoms with van der Waals surface area (Å²) in [4.78, 5) is 25.9. The van der Waals surface area contributed by atoms with E-state index in [-0.39, 0.29) is 19.0 Å². The summed E-state index contributed by atoms with van der Waals surface area (Å²) in [6, 6.07) is 0. The smallest absolute Gasteiger partial charge is 0.309 e. The fourth-order valence-corrected chi connectivity index (χ4v) is 1.73. The zero-order chi connectivity index (χ0) is 12.1. The third-order valence-electron chi connectivity index (χ3n) is 2.72. The standard InChI is InChI=1S/C10H18N2O4/c1-11-5-8(10(14)15)6-12(3-4-16-2)7-9(11)13/h8H,3-7H2,1-2H3,(H,14,15). The van der Waals surface area contributed by atoms with Gasteiger partial charge in [0.2, 0.25) is 5.91 Å². The van der Waals surface area contributed by atoms with E-state index in [2.05, 4.69) is 0 Å². The molecule has 1 amide bonds. The molecule has 92 valence electrons. The van der Waals surface area contributed by atoms with Crippen molar-refractivity contribution in [2.24, 2.45) is 5.92 Å². The number of nitrogens with zero attached hydrogens (tertiary/aromatic N) is 2. The fourth-order valence-electron chi connectivity index (χ4n) is 1.73. The minimum absolute atomic E-state index is 0.0418. The Morgan fingerprint density at radius 3 is 2.81 bits per heavy atom. The van der Waals surface area contributed by atoms with Crippen LogP contribution in [0.4, 0.5) is 0 Å². The lowest BCUT2D eigenvalue weighted by molar-refractivity contribution is -0.142. The van der Waals surface area contributed by atoms with Crippen LogP contribution in [-0.2, 0) is 14.3 Å².